The third kappa shape index (κ3) is 5.19. The summed E-state index contributed by atoms with van der Waals surface area (Å²) >= 11 is 1.87. The highest BCUT2D eigenvalue weighted by atomic mass is 32.1. The van der Waals surface area contributed by atoms with Crippen LogP contribution < -0.4 is 5.32 Å². The second-order valence-electron chi connectivity index (χ2n) is 6.54. The molecule has 3 atom stereocenters. The van der Waals surface area contributed by atoms with E-state index < -0.39 is 0 Å². The van der Waals surface area contributed by atoms with Gasteiger partial charge in [0.25, 0.3) is 0 Å². The van der Waals surface area contributed by atoms with Crippen LogP contribution in [0.1, 0.15) is 44.4 Å². The zero-order valence-corrected chi connectivity index (χ0v) is 14.1. The van der Waals surface area contributed by atoms with E-state index in [-0.39, 0.29) is 0 Å². The maximum Gasteiger partial charge on any atom is 0.0113 e. The lowest BCUT2D eigenvalue weighted by Crippen LogP contribution is -2.41. The van der Waals surface area contributed by atoms with E-state index in [1.165, 1.54) is 37.0 Å². The third-order valence-corrected chi connectivity index (χ3v) is 5.56. The van der Waals surface area contributed by atoms with Gasteiger partial charge in [0, 0.05) is 30.1 Å². The van der Waals surface area contributed by atoms with Crippen molar-refractivity contribution in [1.82, 2.24) is 10.2 Å². The van der Waals surface area contributed by atoms with Gasteiger partial charge in [-0.15, -0.1) is 11.3 Å². The fourth-order valence-electron chi connectivity index (χ4n) is 3.16. The van der Waals surface area contributed by atoms with Crippen LogP contribution in [0.15, 0.2) is 17.5 Å². The quantitative estimate of drug-likeness (QED) is 0.823. The molecule has 1 aliphatic carbocycles. The Morgan fingerprint density at radius 1 is 1.45 bits per heavy atom. The maximum atomic E-state index is 3.76. The standard InChI is InChI=1S/C17H30N2S/c1-14-6-4-7-16(12-14)18-9-10-19(3)15(2)13-17-8-5-11-20-17/h5,8,11,14-16,18H,4,6-7,9-10,12-13H2,1-3H3. The van der Waals surface area contributed by atoms with Gasteiger partial charge in [-0.3, -0.25) is 0 Å². The summed E-state index contributed by atoms with van der Waals surface area (Å²) in [6.45, 7) is 7.01. The predicted molar refractivity (Wildman–Crippen MR) is 89.5 cm³/mol. The van der Waals surface area contributed by atoms with E-state index in [0.717, 1.165) is 25.0 Å². The number of nitrogens with zero attached hydrogens (tertiary/aromatic N) is 1. The monoisotopic (exact) mass is 294 g/mol. The molecule has 3 heteroatoms. The molecule has 1 fully saturated rings. The van der Waals surface area contributed by atoms with Gasteiger partial charge in [-0.05, 0) is 50.6 Å². The van der Waals surface area contributed by atoms with Crippen LogP contribution in [0, 0.1) is 5.92 Å². The number of likely N-dealkylation sites (N-methyl/N-ethyl adjacent to an activating group) is 1. The molecular weight excluding hydrogens is 264 g/mol. The van der Waals surface area contributed by atoms with Crippen molar-refractivity contribution in [2.75, 3.05) is 20.1 Å². The van der Waals surface area contributed by atoms with Crippen LogP contribution in [-0.4, -0.2) is 37.1 Å². The van der Waals surface area contributed by atoms with Gasteiger partial charge in [0.05, 0.1) is 0 Å². The molecule has 20 heavy (non-hydrogen) atoms. The summed E-state index contributed by atoms with van der Waals surface area (Å²) in [5.74, 6) is 0.914. The first-order chi connectivity index (χ1) is 9.65. The second kappa shape index (κ2) is 8.16. The molecule has 0 bridgehead atoms. The molecule has 1 aromatic rings. The highest BCUT2D eigenvalue weighted by Gasteiger charge is 2.18. The fourth-order valence-corrected chi connectivity index (χ4v) is 3.99. The molecule has 3 unspecified atom stereocenters. The third-order valence-electron chi connectivity index (χ3n) is 4.66. The van der Waals surface area contributed by atoms with E-state index >= 15 is 0 Å². The molecule has 0 amide bonds. The molecule has 0 radical (unpaired) electrons. The normalized spacial score (nSPS) is 25.0. The Balaban J connectivity index is 1.63. The molecule has 0 aromatic carbocycles. The van der Waals surface area contributed by atoms with Gasteiger partial charge in [-0.25, -0.2) is 0 Å². The van der Waals surface area contributed by atoms with Crippen LogP contribution in [0.2, 0.25) is 0 Å². The number of nitrogens with one attached hydrogen (secondary N) is 1. The minimum Gasteiger partial charge on any atom is -0.313 e. The molecular formula is C17H30N2S. The van der Waals surface area contributed by atoms with Gasteiger partial charge < -0.3 is 10.2 Å². The Hall–Kier alpha value is -0.380. The average Bonchev–Trinajstić information content (AvgIpc) is 2.91. The van der Waals surface area contributed by atoms with E-state index in [2.05, 4.69) is 48.6 Å². The summed E-state index contributed by atoms with van der Waals surface area (Å²) in [4.78, 5) is 3.98. The molecule has 114 valence electrons. The van der Waals surface area contributed by atoms with Crippen molar-refractivity contribution in [3.05, 3.63) is 22.4 Å². The smallest absolute Gasteiger partial charge is 0.0113 e. The van der Waals surface area contributed by atoms with Crippen molar-refractivity contribution >= 4 is 11.3 Å². The summed E-state index contributed by atoms with van der Waals surface area (Å²) in [5.41, 5.74) is 0. The largest absolute Gasteiger partial charge is 0.313 e. The Morgan fingerprint density at radius 2 is 2.30 bits per heavy atom. The first-order valence-electron chi connectivity index (χ1n) is 8.11. The second-order valence-corrected chi connectivity index (χ2v) is 7.57. The lowest BCUT2D eigenvalue weighted by atomic mass is 9.87. The van der Waals surface area contributed by atoms with Crippen LogP contribution in [0.4, 0.5) is 0 Å². The maximum absolute atomic E-state index is 3.76. The van der Waals surface area contributed by atoms with E-state index in [0.29, 0.717) is 6.04 Å². The van der Waals surface area contributed by atoms with E-state index in [9.17, 15) is 0 Å². The van der Waals surface area contributed by atoms with Crippen LogP contribution in [0.25, 0.3) is 0 Å². The minimum atomic E-state index is 0.626. The van der Waals surface area contributed by atoms with Crippen molar-refractivity contribution in [3.63, 3.8) is 0 Å². The lowest BCUT2D eigenvalue weighted by molar-refractivity contribution is 0.239. The van der Waals surface area contributed by atoms with Crippen molar-refractivity contribution < 1.29 is 0 Å². The van der Waals surface area contributed by atoms with Crippen molar-refractivity contribution in [2.24, 2.45) is 5.92 Å². The van der Waals surface area contributed by atoms with Crippen molar-refractivity contribution in [1.29, 1.82) is 0 Å². The van der Waals surface area contributed by atoms with Crippen molar-refractivity contribution in [3.8, 4) is 0 Å². The Labute approximate surface area is 128 Å². The molecule has 2 nitrogen and oxygen atoms in total. The van der Waals surface area contributed by atoms with Crippen LogP contribution in [0.5, 0.6) is 0 Å². The highest BCUT2D eigenvalue weighted by molar-refractivity contribution is 7.09. The molecule has 0 spiro atoms. The van der Waals surface area contributed by atoms with E-state index in [4.69, 9.17) is 0 Å². The van der Waals surface area contributed by atoms with Gasteiger partial charge in [0.2, 0.25) is 0 Å². The first-order valence-corrected chi connectivity index (χ1v) is 8.99. The van der Waals surface area contributed by atoms with Gasteiger partial charge >= 0.3 is 0 Å². The molecule has 0 saturated heterocycles. The summed E-state index contributed by atoms with van der Waals surface area (Å²) in [6.07, 6.45) is 6.75. The highest BCUT2D eigenvalue weighted by Crippen LogP contribution is 2.23. The van der Waals surface area contributed by atoms with Gasteiger partial charge in [0.1, 0.15) is 0 Å². The van der Waals surface area contributed by atoms with Crippen LogP contribution in [0.3, 0.4) is 0 Å². The number of rotatable bonds is 7. The summed E-state index contributed by atoms with van der Waals surface area (Å²) in [6, 6.07) is 5.79. The van der Waals surface area contributed by atoms with Crippen LogP contribution >= 0.6 is 11.3 Å². The lowest BCUT2D eigenvalue weighted by Gasteiger charge is -2.29. The molecule has 0 aliphatic heterocycles. The Kier molecular flexibility index (Phi) is 6.53. The van der Waals surface area contributed by atoms with E-state index in [1.54, 1.807) is 0 Å². The topological polar surface area (TPSA) is 15.3 Å². The van der Waals surface area contributed by atoms with Gasteiger partial charge in [-0.1, -0.05) is 25.8 Å². The summed E-state index contributed by atoms with van der Waals surface area (Å²) < 4.78 is 0. The predicted octanol–water partition coefficient (Wildman–Crippen LogP) is 3.78. The first kappa shape index (κ1) is 16.0. The van der Waals surface area contributed by atoms with Crippen LogP contribution in [-0.2, 0) is 6.42 Å². The van der Waals surface area contributed by atoms with E-state index in [1.807, 2.05) is 11.3 Å². The summed E-state index contributed by atoms with van der Waals surface area (Å²) in [5, 5.41) is 5.93. The Morgan fingerprint density at radius 3 is 3.00 bits per heavy atom. The fraction of sp³-hybridized carbons (Fsp3) is 0.765. The van der Waals surface area contributed by atoms with Gasteiger partial charge in [-0.2, -0.15) is 0 Å². The molecule has 1 saturated carbocycles. The minimum absolute atomic E-state index is 0.626. The summed E-state index contributed by atoms with van der Waals surface area (Å²) in [7, 11) is 2.25. The molecule has 2 rings (SSSR count). The SMILES string of the molecule is CC1CCCC(NCCN(C)C(C)Cc2cccs2)C1. The molecule has 1 aromatic heterocycles. The number of thiophene rings is 1. The Bertz CT molecular complexity index is 363. The zero-order chi connectivity index (χ0) is 14.4. The molecule has 1 aliphatic rings. The zero-order valence-electron chi connectivity index (χ0n) is 13.3. The van der Waals surface area contributed by atoms with Crippen molar-refractivity contribution in [2.45, 2.75) is 58.0 Å². The molecule has 1 N–H and O–H groups in total. The average molecular weight is 295 g/mol. The van der Waals surface area contributed by atoms with Gasteiger partial charge in [0.15, 0.2) is 0 Å². The number of hydrogen-bond acceptors (Lipinski definition) is 3. The molecule has 1 heterocycles. The number of hydrogen-bond donors (Lipinski definition) is 1.